The molecule has 0 aliphatic carbocycles. The highest BCUT2D eigenvalue weighted by atomic mass is 32.2. The fourth-order valence-corrected chi connectivity index (χ4v) is 2.91. The van der Waals surface area contributed by atoms with Crippen LogP contribution < -0.4 is 0 Å². The Balaban J connectivity index is 2.13. The van der Waals surface area contributed by atoms with Gasteiger partial charge in [0.2, 0.25) is 0 Å². The minimum Gasteiger partial charge on any atom is -0.591 e. The SMILES string of the molecule is Cc1ncsc1-c1ccc(/C=N\[S+]([O-])C(C)(C)C)cc1. The minimum absolute atomic E-state index is 0.323. The molecule has 1 heterocycles. The predicted molar refractivity (Wildman–Crippen MR) is 87.8 cm³/mol. The van der Waals surface area contributed by atoms with Crippen LogP contribution in [0.5, 0.6) is 0 Å². The molecule has 5 heteroatoms. The van der Waals surface area contributed by atoms with Gasteiger partial charge < -0.3 is 4.55 Å². The van der Waals surface area contributed by atoms with E-state index in [1.54, 1.807) is 17.6 Å². The maximum atomic E-state index is 11.8. The van der Waals surface area contributed by atoms with Gasteiger partial charge in [0, 0.05) is 0 Å². The van der Waals surface area contributed by atoms with E-state index < -0.39 is 11.4 Å². The Morgan fingerprint density at radius 1 is 1.25 bits per heavy atom. The van der Waals surface area contributed by atoms with Crippen molar-refractivity contribution in [3.63, 3.8) is 0 Å². The summed E-state index contributed by atoms with van der Waals surface area (Å²) in [6.07, 6.45) is 1.67. The molecular formula is C15H18N2OS2. The number of hydrogen-bond donors (Lipinski definition) is 0. The van der Waals surface area contributed by atoms with Gasteiger partial charge in [0.1, 0.15) is 16.1 Å². The van der Waals surface area contributed by atoms with E-state index in [9.17, 15) is 4.55 Å². The Morgan fingerprint density at radius 2 is 1.90 bits per heavy atom. The zero-order valence-corrected chi connectivity index (χ0v) is 13.7. The molecule has 3 nitrogen and oxygen atoms in total. The number of aromatic nitrogens is 1. The molecule has 0 fully saturated rings. The van der Waals surface area contributed by atoms with Crippen molar-refractivity contribution in [2.75, 3.05) is 0 Å². The molecular weight excluding hydrogens is 288 g/mol. The van der Waals surface area contributed by atoms with E-state index in [-0.39, 0.29) is 4.75 Å². The summed E-state index contributed by atoms with van der Waals surface area (Å²) in [6, 6.07) is 8.06. The van der Waals surface area contributed by atoms with Crippen LogP contribution in [0.15, 0.2) is 34.2 Å². The second-order valence-electron chi connectivity index (χ2n) is 5.48. The molecule has 0 saturated carbocycles. The average Bonchev–Trinajstić information content (AvgIpc) is 2.82. The smallest absolute Gasteiger partial charge is 0.144 e. The van der Waals surface area contributed by atoms with Crippen molar-refractivity contribution in [1.29, 1.82) is 0 Å². The second kappa shape index (κ2) is 6.08. The van der Waals surface area contributed by atoms with E-state index in [2.05, 4.69) is 9.38 Å². The lowest BCUT2D eigenvalue weighted by molar-refractivity contribution is 0.562. The average molecular weight is 306 g/mol. The van der Waals surface area contributed by atoms with E-state index in [0.717, 1.165) is 16.8 Å². The molecule has 1 atom stereocenters. The molecule has 2 aromatic rings. The lowest BCUT2D eigenvalue weighted by Gasteiger charge is -2.17. The third-order valence-corrected chi connectivity index (χ3v) is 5.06. The summed E-state index contributed by atoms with van der Waals surface area (Å²) in [5.41, 5.74) is 5.00. The standard InChI is InChI=1S/C15H18N2OS2/c1-11-14(19-10-16-11)13-7-5-12(6-8-13)9-17-20(18)15(2,3)4/h5-10H,1-4H3/b17-9-. The third-order valence-electron chi connectivity index (χ3n) is 2.74. The molecule has 0 bridgehead atoms. The van der Waals surface area contributed by atoms with Crippen molar-refractivity contribution < 1.29 is 4.55 Å². The summed E-state index contributed by atoms with van der Waals surface area (Å²) in [6.45, 7) is 7.75. The van der Waals surface area contributed by atoms with Crippen molar-refractivity contribution in [1.82, 2.24) is 4.98 Å². The van der Waals surface area contributed by atoms with Crippen LogP contribution in [-0.2, 0) is 11.4 Å². The van der Waals surface area contributed by atoms with Crippen LogP contribution in [0.3, 0.4) is 0 Å². The van der Waals surface area contributed by atoms with Gasteiger partial charge in [0.05, 0.1) is 22.3 Å². The highest BCUT2D eigenvalue weighted by Crippen LogP contribution is 2.27. The summed E-state index contributed by atoms with van der Waals surface area (Å²) in [5, 5.41) is 0. The number of aryl methyl sites for hydroxylation is 1. The molecule has 2 rings (SSSR count). The Hall–Kier alpha value is -1.17. The molecule has 0 saturated heterocycles. The van der Waals surface area contributed by atoms with Crippen molar-refractivity contribution in [2.45, 2.75) is 32.4 Å². The fraction of sp³-hybridized carbons (Fsp3) is 0.333. The summed E-state index contributed by atoms with van der Waals surface area (Å²) in [5.74, 6) is 0. The molecule has 0 spiro atoms. The Labute approximate surface area is 127 Å². The molecule has 0 radical (unpaired) electrons. The quantitative estimate of drug-likeness (QED) is 0.635. The Bertz CT molecular complexity index is 597. The highest BCUT2D eigenvalue weighted by molar-refractivity contribution is 7.91. The Kier molecular flexibility index (Phi) is 4.62. The molecule has 0 amide bonds. The van der Waals surface area contributed by atoms with Gasteiger partial charge in [-0.3, -0.25) is 0 Å². The molecule has 1 unspecified atom stereocenters. The van der Waals surface area contributed by atoms with E-state index in [1.165, 1.54) is 4.88 Å². The van der Waals surface area contributed by atoms with E-state index >= 15 is 0 Å². The maximum Gasteiger partial charge on any atom is 0.144 e. The van der Waals surface area contributed by atoms with Gasteiger partial charge in [-0.1, -0.05) is 28.7 Å². The zero-order chi connectivity index (χ0) is 14.8. The molecule has 0 aliphatic rings. The van der Waals surface area contributed by atoms with Crippen molar-refractivity contribution in [3.05, 3.63) is 41.0 Å². The minimum atomic E-state index is -1.21. The van der Waals surface area contributed by atoms with Crippen LogP contribution in [0.2, 0.25) is 0 Å². The van der Waals surface area contributed by atoms with Crippen LogP contribution in [0.1, 0.15) is 32.0 Å². The maximum absolute atomic E-state index is 11.8. The lowest BCUT2D eigenvalue weighted by atomic mass is 10.1. The first kappa shape index (κ1) is 15.2. The fourth-order valence-electron chi connectivity index (χ4n) is 1.57. The van der Waals surface area contributed by atoms with Gasteiger partial charge in [0.25, 0.3) is 0 Å². The largest absolute Gasteiger partial charge is 0.591 e. The van der Waals surface area contributed by atoms with E-state index in [1.807, 2.05) is 57.5 Å². The van der Waals surface area contributed by atoms with Gasteiger partial charge in [-0.2, -0.15) is 0 Å². The van der Waals surface area contributed by atoms with Crippen LogP contribution in [0.25, 0.3) is 10.4 Å². The zero-order valence-electron chi connectivity index (χ0n) is 12.1. The molecule has 20 heavy (non-hydrogen) atoms. The molecule has 1 aromatic carbocycles. The molecule has 106 valence electrons. The first-order valence-corrected chi connectivity index (χ1v) is 8.33. The van der Waals surface area contributed by atoms with Gasteiger partial charge in [-0.25, -0.2) is 4.98 Å². The van der Waals surface area contributed by atoms with Gasteiger partial charge in [-0.05, 0) is 38.8 Å². The Morgan fingerprint density at radius 3 is 2.40 bits per heavy atom. The van der Waals surface area contributed by atoms with Gasteiger partial charge in [-0.15, -0.1) is 11.3 Å². The van der Waals surface area contributed by atoms with Gasteiger partial charge in [0.15, 0.2) is 0 Å². The summed E-state index contributed by atoms with van der Waals surface area (Å²) in [7, 11) is 0. The predicted octanol–water partition coefficient (Wildman–Crippen LogP) is 4.00. The van der Waals surface area contributed by atoms with Crippen molar-refractivity contribution in [2.24, 2.45) is 4.40 Å². The first-order chi connectivity index (χ1) is 9.38. The summed E-state index contributed by atoms with van der Waals surface area (Å²) < 4.78 is 15.6. The number of nitrogens with zero attached hydrogens (tertiary/aromatic N) is 2. The van der Waals surface area contributed by atoms with E-state index in [0.29, 0.717) is 0 Å². The lowest BCUT2D eigenvalue weighted by Crippen LogP contribution is -2.25. The van der Waals surface area contributed by atoms with Crippen molar-refractivity contribution >= 4 is 28.9 Å². The molecule has 0 N–H and O–H groups in total. The van der Waals surface area contributed by atoms with Crippen LogP contribution in [-0.4, -0.2) is 20.5 Å². The highest BCUT2D eigenvalue weighted by Gasteiger charge is 2.25. The van der Waals surface area contributed by atoms with Crippen LogP contribution in [0, 0.1) is 6.92 Å². The topological polar surface area (TPSA) is 48.3 Å². The summed E-state index contributed by atoms with van der Waals surface area (Å²) in [4.78, 5) is 5.44. The van der Waals surface area contributed by atoms with E-state index in [4.69, 9.17) is 0 Å². The third kappa shape index (κ3) is 3.69. The second-order valence-corrected chi connectivity index (χ2v) is 8.27. The number of hydrogen-bond acceptors (Lipinski definition) is 4. The summed E-state index contributed by atoms with van der Waals surface area (Å²) >= 11 is 0.422. The van der Waals surface area contributed by atoms with Crippen LogP contribution in [0.4, 0.5) is 0 Å². The monoisotopic (exact) mass is 306 g/mol. The molecule has 1 aromatic heterocycles. The number of thiazole rings is 1. The van der Waals surface area contributed by atoms with Crippen molar-refractivity contribution in [3.8, 4) is 10.4 Å². The normalized spacial score (nSPS) is 13.8. The number of benzene rings is 1. The number of rotatable bonds is 3. The molecule has 0 aliphatic heterocycles. The van der Waals surface area contributed by atoms with Crippen LogP contribution >= 0.6 is 11.3 Å². The first-order valence-electron chi connectivity index (χ1n) is 6.34. The van der Waals surface area contributed by atoms with Gasteiger partial charge >= 0.3 is 0 Å².